The van der Waals surface area contributed by atoms with Gasteiger partial charge in [-0.25, -0.2) is 22.9 Å². The van der Waals surface area contributed by atoms with E-state index in [9.17, 15) is 13.2 Å². The predicted molar refractivity (Wildman–Crippen MR) is 127 cm³/mol. The van der Waals surface area contributed by atoms with Crippen molar-refractivity contribution in [2.75, 3.05) is 10.6 Å². The Hall–Kier alpha value is -3.70. The fourth-order valence-corrected chi connectivity index (χ4v) is 4.59. The minimum Gasteiger partial charge on any atom is -0.408 e. The molecule has 0 bridgehead atoms. The number of H-pyrrole nitrogens is 1. The molecule has 0 radical (unpaired) electrons. The van der Waals surface area contributed by atoms with Crippen LogP contribution in [0.4, 0.5) is 23.1 Å². The summed E-state index contributed by atoms with van der Waals surface area (Å²) in [6.45, 7) is 7.20. The topological polar surface area (TPSA) is 142 Å². The second-order valence-corrected chi connectivity index (χ2v) is 10.3. The molecule has 4 aromatic rings. The first-order valence-corrected chi connectivity index (χ1v) is 11.6. The van der Waals surface area contributed by atoms with Gasteiger partial charge in [-0.05, 0) is 64.1 Å². The molecule has 2 aromatic carbocycles. The van der Waals surface area contributed by atoms with Crippen LogP contribution in [0, 0.1) is 6.92 Å². The lowest BCUT2D eigenvalue weighted by atomic mass is 10.1. The number of nitrogens with one attached hydrogen (secondary N) is 4. The van der Waals surface area contributed by atoms with Crippen LogP contribution in [-0.4, -0.2) is 28.9 Å². The van der Waals surface area contributed by atoms with E-state index in [1.807, 2.05) is 6.92 Å². The molecule has 10 nitrogen and oxygen atoms in total. The van der Waals surface area contributed by atoms with E-state index < -0.39 is 21.3 Å². The molecule has 0 aliphatic heterocycles. The van der Waals surface area contributed by atoms with Gasteiger partial charge in [-0.3, -0.25) is 4.98 Å². The summed E-state index contributed by atoms with van der Waals surface area (Å²) >= 11 is 0. The van der Waals surface area contributed by atoms with Crippen LogP contribution in [0.2, 0.25) is 0 Å². The van der Waals surface area contributed by atoms with Crippen molar-refractivity contribution < 1.29 is 12.8 Å². The number of aromatic nitrogens is 3. The summed E-state index contributed by atoms with van der Waals surface area (Å²) in [6, 6.07) is 11.6. The molecule has 4 N–H and O–H groups in total. The summed E-state index contributed by atoms with van der Waals surface area (Å²) in [5.74, 6) is 0.323. The molecule has 33 heavy (non-hydrogen) atoms. The maximum atomic E-state index is 12.6. The zero-order valence-electron chi connectivity index (χ0n) is 18.6. The monoisotopic (exact) mass is 468 g/mol. The summed E-state index contributed by atoms with van der Waals surface area (Å²) in [4.78, 5) is 22.9. The fourth-order valence-electron chi connectivity index (χ4n) is 3.13. The number of hydrogen-bond donors (Lipinski definition) is 4. The molecule has 0 aliphatic rings. The zero-order valence-corrected chi connectivity index (χ0v) is 19.4. The van der Waals surface area contributed by atoms with Gasteiger partial charge in [0.15, 0.2) is 5.58 Å². The number of anilines is 4. The van der Waals surface area contributed by atoms with Crippen LogP contribution in [0.5, 0.6) is 0 Å². The largest absolute Gasteiger partial charge is 0.417 e. The highest BCUT2D eigenvalue weighted by molar-refractivity contribution is 7.89. The van der Waals surface area contributed by atoms with E-state index in [2.05, 4.69) is 30.3 Å². The van der Waals surface area contributed by atoms with Crippen LogP contribution in [0.15, 0.2) is 62.8 Å². The lowest BCUT2D eigenvalue weighted by Crippen LogP contribution is -2.40. The van der Waals surface area contributed by atoms with Crippen LogP contribution in [0.3, 0.4) is 0 Å². The summed E-state index contributed by atoms with van der Waals surface area (Å²) in [5.41, 5.74) is 2.45. The van der Waals surface area contributed by atoms with Gasteiger partial charge in [0, 0.05) is 28.7 Å². The Kier molecular flexibility index (Phi) is 5.68. The molecule has 0 aliphatic carbocycles. The van der Waals surface area contributed by atoms with Gasteiger partial charge in [-0.1, -0.05) is 6.07 Å². The summed E-state index contributed by atoms with van der Waals surface area (Å²) < 4.78 is 32.9. The normalized spacial score (nSPS) is 12.1. The Balaban J connectivity index is 1.57. The third kappa shape index (κ3) is 5.38. The van der Waals surface area contributed by atoms with Gasteiger partial charge in [0.1, 0.15) is 5.82 Å². The van der Waals surface area contributed by atoms with Gasteiger partial charge < -0.3 is 15.1 Å². The number of rotatable bonds is 6. The van der Waals surface area contributed by atoms with Crippen LogP contribution in [0.25, 0.3) is 11.1 Å². The number of aromatic amines is 1. The van der Waals surface area contributed by atoms with Gasteiger partial charge in [0.05, 0.1) is 10.4 Å². The molecule has 0 saturated heterocycles. The highest BCUT2D eigenvalue weighted by atomic mass is 32.2. The first-order chi connectivity index (χ1) is 15.5. The number of aryl methyl sites for hydroxylation is 1. The second kappa shape index (κ2) is 8.34. The lowest BCUT2D eigenvalue weighted by molar-refractivity contribution is 0.491. The van der Waals surface area contributed by atoms with Crippen molar-refractivity contribution in [1.29, 1.82) is 0 Å². The molecular formula is C22H24N6O4S. The van der Waals surface area contributed by atoms with E-state index in [0.717, 1.165) is 5.56 Å². The first kappa shape index (κ1) is 22.5. The number of nitrogens with zero attached hydrogens (tertiary/aromatic N) is 2. The predicted octanol–water partition coefficient (Wildman–Crippen LogP) is 3.78. The maximum absolute atomic E-state index is 12.6. The molecule has 11 heteroatoms. The number of fused-ring (bicyclic) bond motifs is 1. The summed E-state index contributed by atoms with van der Waals surface area (Å²) in [5, 5.41) is 6.25. The van der Waals surface area contributed by atoms with Crippen molar-refractivity contribution in [3.8, 4) is 0 Å². The van der Waals surface area contributed by atoms with Crippen molar-refractivity contribution in [2.24, 2.45) is 0 Å². The smallest absolute Gasteiger partial charge is 0.408 e. The molecular weight excluding hydrogens is 444 g/mol. The van der Waals surface area contributed by atoms with Crippen molar-refractivity contribution in [3.63, 3.8) is 0 Å². The van der Waals surface area contributed by atoms with E-state index in [1.165, 1.54) is 12.1 Å². The fraction of sp³-hybridized carbons (Fsp3) is 0.227. The van der Waals surface area contributed by atoms with Crippen molar-refractivity contribution >= 4 is 44.3 Å². The number of oxazole rings is 1. The van der Waals surface area contributed by atoms with Crippen LogP contribution in [0.1, 0.15) is 26.3 Å². The minimum absolute atomic E-state index is 0.135. The van der Waals surface area contributed by atoms with Gasteiger partial charge in [-0.15, -0.1) is 0 Å². The summed E-state index contributed by atoms with van der Waals surface area (Å²) in [7, 11) is -3.68. The molecule has 0 spiro atoms. The molecule has 2 aromatic heterocycles. The minimum atomic E-state index is -3.68. The standard InChI is InChI=1S/C22H24N6O4S/c1-13-12-23-20(25-14-6-5-7-16(10-14)33(30,31)28-22(2,3)4)27-19(13)24-15-8-9-18-17(11-15)26-21(29)32-18/h5-12,28H,1-4H3,(H,26,29)(H2,23,24,25,27). The Morgan fingerprint density at radius 2 is 1.79 bits per heavy atom. The second-order valence-electron chi connectivity index (χ2n) is 8.58. The third-order valence-electron chi connectivity index (χ3n) is 4.49. The third-order valence-corrected chi connectivity index (χ3v) is 6.25. The van der Waals surface area contributed by atoms with E-state index in [4.69, 9.17) is 4.42 Å². The number of benzene rings is 2. The quantitative estimate of drug-likeness (QED) is 0.335. The Labute approximate surface area is 190 Å². The maximum Gasteiger partial charge on any atom is 0.417 e. The van der Waals surface area contributed by atoms with Gasteiger partial charge in [0.25, 0.3) is 0 Å². The highest BCUT2D eigenvalue weighted by Gasteiger charge is 2.22. The number of hydrogen-bond acceptors (Lipinski definition) is 8. The van der Waals surface area contributed by atoms with Gasteiger partial charge in [-0.2, -0.15) is 4.98 Å². The average molecular weight is 469 g/mol. The zero-order chi connectivity index (χ0) is 23.8. The van der Waals surface area contributed by atoms with Crippen LogP contribution >= 0.6 is 0 Å². The van der Waals surface area contributed by atoms with Gasteiger partial charge in [0.2, 0.25) is 16.0 Å². The van der Waals surface area contributed by atoms with Crippen LogP contribution < -0.4 is 21.1 Å². The molecule has 0 fully saturated rings. The Morgan fingerprint density at radius 3 is 2.55 bits per heavy atom. The first-order valence-electron chi connectivity index (χ1n) is 10.1. The summed E-state index contributed by atoms with van der Waals surface area (Å²) in [6.07, 6.45) is 1.65. The van der Waals surface area contributed by atoms with E-state index >= 15 is 0 Å². The number of sulfonamides is 1. The molecule has 2 heterocycles. The Bertz CT molecular complexity index is 1480. The van der Waals surface area contributed by atoms with E-state index in [1.54, 1.807) is 57.3 Å². The molecule has 4 rings (SSSR count). The molecule has 172 valence electrons. The highest BCUT2D eigenvalue weighted by Crippen LogP contribution is 2.24. The van der Waals surface area contributed by atoms with Crippen molar-refractivity contribution in [3.05, 3.63) is 64.8 Å². The van der Waals surface area contributed by atoms with E-state index in [-0.39, 0.29) is 4.90 Å². The van der Waals surface area contributed by atoms with Crippen LogP contribution in [-0.2, 0) is 10.0 Å². The van der Waals surface area contributed by atoms with Gasteiger partial charge >= 0.3 is 5.76 Å². The van der Waals surface area contributed by atoms with E-state index in [0.29, 0.717) is 34.2 Å². The molecule has 0 amide bonds. The lowest BCUT2D eigenvalue weighted by Gasteiger charge is -2.20. The van der Waals surface area contributed by atoms with Crippen molar-refractivity contribution in [1.82, 2.24) is 19.7 Å². The molecule has 0 saturated carbocycles. The molecule has 0 unspecified atom stereocenters. The Morgan fingerprint density at radius 1 is 1.03 bits per heavy atom. The average Bonchev–Trinajstić information content (AvgIpc) is 3.08. The SMILES string of the molecule is Cc1cnc(Nc2cccc(S(=O)(=O)NC(C)(C)C)c2)nc1Nc1ccc2oc(=O)[nH]c2c1. The van der Waals surface area contributed by atoms with Crippen molar-refractivity contribution in [2.45, 2.75) is 38.1 Å². The molecule has 0 atom stereocenters.